The van der Waals surface area contributed by atoms with Gasteiger partial charge in [0.15, 0.2) is 29.3 Å². The molecule has 0 saturated carbocycles. The van der Waals surface area contributed by atoms with Gasteiger partial charge in [-0.3, -0.25) is 4.68 Å². The third kappa shape index (κ3) is 6.15. The Hall–Kier alpha value is -4.55. The molecule has 43 heavy (non-hydrogen) atoms. The van der Waals surface area contributed by atoms with Gasteiger partial charge in [-0.05, 0) is 61.2 Å². The molecule has 2 unspecified atom stereocenters. The predicted octanol–water partition coefficient (Wildman–Crippen LogP) is 3.94. The van der Waals surface area contributed by atoms with E-state index < -0.39 is 0 Å². The average Bonchev–Trinajstić information content (AvgIpc) is 3.69. The first kappa shape index (κ1) is 27.3. The van der Waals surface area contributed by atoms with Crippen molar-refractivity contribution in [3.8, 4) is 22.8 Å². The molecule has 2 aliphatic rings. The lowest BCUT2D eigenvalue weighted by Gasteiger charge is -2.35. The molecule has 1 saturated heterocycles. The highest BCUT2D eigenvalue weighted by molar-refractivity contribution is 5.58. The van der Waals surface area contributed by atoms with Crippen molar-refractivity contribution < 1.29 is 18.9 Å². The van der Waals surface area contributed by atoms with Crippen LogP contribution in [0.2, 0.25) is 0 Å². The van der Waals surface area contributed by atoms with Gasteiger partial charge in [-0.25, -0.2) is 4.98 Å². The minimum Gasteiger partial charge on any atom is -0.497 e. The fraction of sp³-hybridized carbons (Fsp3) is 0.387. The van der Waals surface area contributed by atoms with E-state index in [9.17, 15) is 0 Å². The lowest BCUT2D eigenvalue weighted by molar-refractivity contribution is -0.163. The fourth-order valence-electron chi connectivity index (χ4n) is 5.51. The molecule has 1 aromatic carbocycles. The van der Waals surface area contributed by atoms with Crippen molar-refractivity contribution >= 4 is 11.5 Å². The van der Waals surface area contributed by atoms with Crippen LogP contribution in [0.1, 0.15) is 30.7 Å². The molecule has 12 heteroatoms. The van der Waals surface area contributed by atoms with Gasteiger partial charge in [0.05, 0.1) is 38.7 Å². The number of pyridine rings is 1. The Balaban J connectivity index is 1.05. The van der Waals surface area contributed by atoms with E-state index in [1.54, 1.807) is 17.8 Å². The Kier molecular flexibility index (Phi) is 7.84. The first-order chi connectivity index (χ1) is 21.2. The maximum absolute atomic E-state index is 6.39. The molecular formula is C31H34N8O4. The van der Waals surface area contributed by atoms with Crippen LogP contribution < -0.4 is 14.4 Å². The molecule has 2 atom stereocenters. The lowest BCUT2D eigenvalue weighted by Crippen LogP contribution is -2.41. The SMILES string of the molecule is COc1ccc(CN2CC(Cc3nnc4ccc(-c5cnn(CCOC6CCCCO6)c5)nn34)Oc3cccnc32)cc1. The standard InChI is InChI=1S/C31H34N8O4/c1-40-24-9-7-22(8-10-24)19-37-21-25(43-27-5-4-13-32-31(27)37)17-29-35-34-28-12-11-26(36-39(28)29)23-18-33-38(20-23)14-16-42-30-6-2-3-15-41-30/h4-5,7-13,18,20,25,30H,2-3,6,14-17,19,21H2,1H3. The zero-order valence-electron chi connectivity index (χ0n) is 24.1. The summed E-state index contributed by atoms with van der Waals surface area (Å²) in [6.07, 6.45) is 9.06. The highest BCUT2D eigenvalue weighted by Gasteiger charge is 2.28. The van der Waals surface area contributed by atoms with E-state index in [1.165, 1.54) is 0 Å². The molecule has 0 N–H and O–H groups in total. The maximum Gasteiger partial charge on any atom is 0.177 e. The van der Waals surface area contributed by atoms with Crippen molar-refractivity contribution in [1.82, 2.24) is 34.6 Å². The second-order valence-electron chi connectivity index (χ2n) is 10.8. The first-order valence-electron chi connectivity index (χ1n) is 14.7. The summed E-state index contributed by atoms with van der Waals surface area (Å²) in [5.41, 5.74) is 3.54. The van der Waals surface area contributed by atoms with Crippen molar-refractivity contribution in [2.75, 3.05) is 31.8 Å². The van der Waals surface area contributed by atoms with E-state index in [0.29, 0.717) is 38.3 Å². The summed E-state index contributed by atoms with van der Waals surface area (Å²) < 4.78 is 26.9. The normalized spacial score (nSPS) is 18.4. The fourth-order valence-corrected chi connectivity index (χ4v) is 5.51. The molecule has 6 heterocycles. The van der Waals surface area contributed by atoms with Crippen molar-refractivity contribution in [2.24, 2.45) is 0 Å². The van der Waals surface area contributed by atoms with Crippen LogP contribution in [0.15, 0.2) is 67.1 Å². The largest absolute Gasteiger partial charge is 0.497 e. The van der Waals surface area contributed by atoms with Gasteiger partial charge < -0.3 is 23.8 Å². The predicted molar refractivity (Wildman–Crippen MR) is 158 cm³/mol. The second-order valence-corrected chi connectivity index (χ2v) is 10.8. The number of rotatable bonds is 10. The van der Waals surface area contributed by atoms with Crippen LogP contribution in [-0.4, -0.2) is 73.8 Å². The van der Waals surface area contributed by atoms with Gasteiger partial charge >= 0.3 is 0 Å². The summed E-state index contributed by atoms with van der Waals surface area (Å²) >= 11 is 0. The first-order valence-corrected chi connectivity index (χ1v) is 14.7. The Labute approximate surface area is 249 Å². The molecule has 0 spiro atoms. The van der Waals surface area contributed by atoms with E-state index in [-0.39, 0.29) is 12.4 Å². The average molecular weight is 583 g/mol. The van der Waals surface area contributed by atoms with Crippen LogP contribution in [0.25, 0.3) is 16.9 Å². The molecule has 1 fully saturated rings. The molecule has 0 radical (unpaired) electrons. The van der Waals surface area contributed by atoms with Gasteiger partial charge in [0.25, 0.3) is 0 Å². The number of hydrogen-bond donors (Lipinski definition) is 0. The Morgan fingerprint density at radius 3 is 2.84 bits per heavy atom. The van der Waals surface area contributed by atoms with E-state index >= 15 is 0 Å². The number of fused-ring (bicyclic) bond motifs is 2. The summed E-state index contributed by atoms with van der Waals surface area (Å²) in [6, 6.07) is 15.8. The van der Waals surface area contributed by atoms with Crippen LogP contribution in [0.5, 0.6) is 11.5 Å². The molecule has 5 aromatic rings. The summed E-state index contributed by atoms with van der Waals surface area (Å²) in [6.45, 7) is 3.30. The number of hydrogen-bond acceptors (Lipinski definition) is 10. The second kappa shape index (κ2) is 12.4. The van der Waals surface area contributed by atoms with Gasteiger partial charge in [-0.2, -0.15) is 14.7 Å². The topological polar surface area (TPSA) is 114 Å². The van der Waals surface area contributed by atoms with Crippen LogP contribution in [0.3, 0.4) is 0 Å². The van der Waals surface area contributed by atoms with Crippen molar-refractivity contribution in [1.29, 1.82) is 0 Å². The Morgan fingerprint density at radius 1 is 1.05 bits per heavy atom. The Morgan fingerprint density at radius 2 is 1.98 bits per heavy atom. The van der Waals surface area contributed by atoms with Crippen LogP contribution in [0.4, 0.5) is 5.82 Å². The van der Waals surface area contributed by atoms with Gasteiger partial charge in [-0.1, -0.05) is 12.1 Å². The van der Waals surface area contributed by atoms with E-state index in [2.05, 4.69) is 37.3 Å². The molecule has 12 nitrogen and oxygen atoms in total. The smallest absolute Gasteiger partial charge is 0.177 e. The van der Waals surface area contributed by atoms with Crippen molar-refractivity contribution in [2.45, 2.75) is 51.2 Å². The number of anilines is 1. The third-order valence-electron chi connectivity index (χ3n) is 7.73. The monoisotopic (exact) mass is 582 g/mol. The lowest BCUT2D eigenvalue weighted by atomic mass is 10.1. The molecule has 0 bridgehead atoms. The number of ether oxygens (including phenoxy) is 4. The summed E-state index contributed by atoms with van der Waals surface area (Å²) in [5, 5.41) is 18.2. The van der Waals surface area contributed by atoms with Crippen molar-refractivity contribution in [3.63, 3.8) is 0 Å². The van der Waals surface area contributed by atoms with Gasteiger partial charge in [-0.15, -0.1) is 10.2 Å². The van der Waals surface area contributed by atoms with Gasteiger partial charge in [0.1, 0.15) is 11.9 Å². The van der Waals surface area contributed by atoms with Crippen LogP contribution in [0, 0.1) is 0 Å². The zero-order chi connectivity index (χ0) is 29.0. The van der Waals surface area contributed by atoms with Gasteiger partial charge in [0.2, 0.25) is 0 Å². The highest BCUT2D eigenvalue weighted by Crippen LogP contribution is 2.33. The van der Waals surface area contributed by atoms with E-state index in [0.717, 1.165) is 65.8 Å². The molecule has 7 rings (SSSR count). The number of methoxy groups -OCH3 is 1. The number of benzene rings is 1. The third-order valence-corrected chi connectivity index (χ3v) is 7.73. The molecular weight excluding hydrogens is 548 g/mol. The quantitative estimate of drug-likeness (QED) is 0.240. The van der Waals surface area contributed by atoms with Gasteiger partial charge in [0, 0.05) is 37.5 Å². The Bertz CT molecular complexity index is 1660. The maximum atomic E-state index is 6.39. The van der Waals surface area contributed by atoms with Crippen LogP contribution in [-0.2, 0) is 29.0 Å². The molecule has 4 aromatic heterocycles. The minimum atomic E-state index is -0.163. The summed E-state index contributed by atoms with van der Waals surface area (Å²) in [7, 11) is 1.67. The van der Waals surface area contributed by atoms with Crippen LogP contribution >= 0.6 is 0 Å². The van der Waals surface area contributed by atoms with Crippen molar-refractivity contribution in [3.05, 3.63) is 78.5 Å². The zero-order valence-corrected chi connectivity index (χ0v) is 24.1. The molecule has 2 aliphatic heterocycles. The van der Waals surface area contributed by atoms with E-state index in [1.807, 2.05) is 53.5 Å². The minimum absolute atomic E-state index is 0.104. The molecule has 222 valence electrons. The molecule has 0 aliphatic carbocycles. The summed E-state index contributed by atoms with van der Waals surface area (Å²) in [5.74, 6) is 3.14. The molecule has 0 amide bonds. The number of nitrogens with zero attached hydrogens (tertiary/aromatic N) is 8. The summed E-state index contributed by atoms with van der Waals surface area (Å²) in [4.78, 5) is 6.85. The number of aromatic nitrogens is 7. The highest BCUT2D eigenvalue weighted by atomic mass is 16.7. The van der Waals surface area contributed by atoms with E-state index in [4.69, 9.17) is 24.0 Å².